The second kappa shape index (κ2) is 15.8. The number of rotatable bonds is 10. The Labute approximate surface area is 251 Å². The number of methoxy groups -OCH3 is 1. The van der Waals surface area contributed by atoms with E-state index in [9.17, 15) is 14.4 Å². The van der Waals surface area contributed by atoms with Gasteiger partial charge in [0.1, 0.15) is 12.0 Å². The summed E-state index contributed by atoms with van der Waals surface area (Å²) in [6, 6.07) is 15.4. The average molecular weight is 580 g/mol. The van der Waals surface area contributed by atoms with Crippen LogP contribution in [0.5, 0.6) is 0 Å². The number of nitrogens with zero attached hydrogens (tertiary/aromatic N) is 2. The number of anilines is 1. The zero-order valence-corrected chi connectivity index (χ0v) is 26.4. The molecule has 8 nitrogen and oxygen atoms in total. The van der Waals surface area contributed by atoms with Gasteiger partial charge in [0.25, 0.3) is 0 Å². The number of para-hydroxylation sites is 1. The Hall–Kier alpha value is -3.23. The van der Waals surface area contributed by atoms with E-state index in [-0.39, 0.29) is 29.9 Å². The minimum atomic E-state index is -0.408. The van der Waals surface area contributed by atoms with E-state index in [2.05, 4.69) is 35.9 Å². The van der Waals surface area contributed by atoms with Crippen LogP contribution in [0.15, 0.2) is 48.5 Å². The molecule has 2 bridgehead atoms. The molecule has 2 fully saturated rings. The van der Waals surface area contributed by atoms with Crippen LogP contribution < -0.4 is 5.32 Å². The second-order valence-corrected chi connectivity index (χ2v) is 11.4. The number of likely N-dealkylation sites (N-methyl/N-ethyl adjacent to an activating group) is 1. The van der Waals surface area contributed by atoms with Crippen LogP contribution in [0.1, 0.15) is 74.4 Å². The largest absolute Gasteiger partial charge is 0.469 e. The Kier molecular flexibility index (Phi) is 12.6. The first kappa shape index (κ1) is 33.3. The van der Waals surface area contributed by atoms with Gasteiger partial charge in [0, 0.05) is 24.2 Å². The van der Waals surface area contributed by atoms with E-state index >= 15 is 0 Å². The quantitative estimate of drug-likeness (QED) is 0.366. The maximum Gasteiger partial charge on any atom is 0.338 e. The number of carbonyl (C=O) groups is 3. The lowest BCUT2D eigenvalue weighted by Gasteiger charge is -2.40. The zero-order valence-electron chi connectivity index (χ0n) is 26.4. The van der Waals surface area contributed by atoms with Gasteiger partial charge in [-0.25, -0.2) is 4.79 Å². The van der Waals surface area contributed by atoms with Crippen molar-refractivity contribution in [2.24, 2.45) is 5.92 Å². The third-order valence-corrected chi connectivity index (χ3v) is 8.73. The summed E-state index contributed by atoms with van der Waals surface area (Å²) < 4.78 is 10.6. The normalized spacial score (nSPS) is 22.1. The minimum Gasteiger partial charge on any atom is -0.469 e. The lowest BCUT2D eigenvalue weighted by molar-refractivity contribution is -0.156. The highest BCUT2D eigenvalue weighted by Gasteiger charge is 2.51. The summed E-state index contributed by atoms with van der Waals surface area (Å²) in [6.07, 6.45) is 4.17. The molecule has 2 aromatic rings. The summed E-state index contributed by atoms with van der Waals surface area (Å²) in [5.74, 6) is -0.951. The molecule has 1 unspecified atom stereocenters. The van der Waals surface area contributed by atoms with Crippen LogP contribution in [0.2, 0.25) is 0 Å². The van der Waals surface area contributed by atoms with Crippen molar-refractivity contribution >= 4 is 23.5 Å². The number of nitrogens with one attached hydrogen (secondary N) is 1. The second-order valence-electron chi connectivity index (χ2n) is 11.4. The molecule has 8 heteroatoms. The van der Waals surface area contributed by atoms with Crippen LogP contribution in [0.3, 0.4) is 0 Å². The molecule has 0 spiro atoms. The molecule has 0 aliphatic carbocycles. The third-order valence-electron chi connectivity index (χ3n) is 8.73. The molecule has 2 aliphatic rings. The van der Waals surface area contributed by atoms with Crippen molar-refractivity contribution in [1.82, 2.24) is 9.80 Å². The highest BCUT2D eigenvalue weighted by atomic mass is 16.6. The molecule has 0 saturated carbocycles. The van der Waals surface area contributed by atoms with E-state index in [4.69, 9.17) is 9.47 Å². The van der Waals surface area contributed by atoms with Crippen LogP contribution in [-0.2, 0) is 19.1 Å². The number of benzene rings is 2. The van der Waals surface area contributed by atoms with Gasteiger partial charge in [0.15, 0.2) is 0 Å². The van der Waals surface area contributed by atoms with E-state index in [0.29, 0.717) is 18.0 Å². The molecular weight excluding hydrogens is 530 g/mol. The first-order chi connectivity index (χ1) is 20.2. The van der Waals surface area contributed by atoms with E-state index in [1.807, 2.05) is 45.2 Å². The summed E-state index contributed by atoms with van der Waals surface area (Å²) >= 11 is 0. The minimum absolute atomic E-state index is 0.0426. The first-order valence-electron chi connectivity index (χ1n) is 15.3. The van der Waals surface area contributed by atoms with Crippen LogP contribution in [0, 0.1) is 19.8 Å². The maximum absolute atomic E-state index is 12.6. The zero-order chi connectivity index (χ0) is 30.8. The molecule has 2 saturated heterocycles. The Morgan fingerprint density at radius 1 is 1.00 bits per heavy atom. The fourth-order valence-electron chi connectivity index (χ4n) is 6.42. The van der Waals surface area contributed by atoms with Crippen molar-refractivity contribution in [3.8, 4) is 0 Å². The van der Waals surface area contributed by atoms with Gasteiger partial charge in [-0.3, -0.25) is 19.4 Å². The number of carbonyl (C=O) groups excluding carboxylic acids is 3. The van der Waals surface area contributed by atoms with Crippen molar-refractivity contribution in [2.75, 3.05) is 32.6 Å². The SMILES string of the molecule is CCCN(CC)C(CC)C(=O)Nc1c(C)cccc1C.COC(=O)[C@H]1[C@@H](OC(=O)c2ccccc2)C[C@@H]2CC[C@H]1N2C. The van der Waals surface area contributed by atoms with Crippen LogP contribution in [0.4, 0.5) is 5.69 Å². The van der Waals surface area contributed by atoms with E-state index in [0.717, 1.165) is 55.6 Å². The smallest absolute Gasteiger partial charge is 0.338 e. The fraction of sp³-hybridized carbons (Fsp3) is 0.559. The lowest BCUT2D eigenvalue weighted by Crippen LogP contribution is -2.53. The van der Waals surface area contributed by atoms with E-state index in [1.165, 1.54) is 7.11 Å². The molecular formula is C34H49N3O5. The van der Waals surface area contributed by atoms with Crippen LogP contribution in [0.25, 0.3) is 0 Å². The van der Waals surface area contributed by atoms with Gasteiger partial charge in [-0.05, 0) is 82.9 Å². The molecule has 2 aromatic carbocycles. The highest BCUT2D eigenvalue weighted by molar-refractivity contribution is 5.96. The number of aryl methyl sites for hydroxylation is 2. The van der Waals surface area contributed by atoms with Gasteiger partial charge < -0.3 is 14.8 Å². The van der Waals surface area contributed by atoms with Crippen LogP contribution >= 0.6 is 0 Å². The Balaban J connectivity index is 0.000000232. The van der Waals surface area contributed by atoms with E-state index < -0.39 is 12.0 Å². The number of amides is 1. The summed E-state index contributed by atoms with van der Waals surface area (Å²) in [6.45, 7) is 12.3. The fourth-order valence-corrected chi connectivity index (χ4v) is 6.42. The third kappa shape index (κ3) is 7.98. The molecule has 0 radical (unpaired) electrons. The molecule has 1 N–H and O–H groups in total. The van der Waals surface area contributed by atoms with Gasteiger partial charge in [-0.2, -0.15) is 0 Å². The molecule has 5 atom stereocenters. The lowest BCUT2D eigenvalue weighted by atomic mass is 9.87. The number of hydrogen-bond donors (Lipinski definition) is 1. The number of piperidine rings is 1. The van der Waals surface area contributed by atoms with Crippen molar-refractivity contribution in [2.45, 2.75) is 91.0 Å². The van der Waals surface area contributed by atoms with Crippen molar-refractivity contribution in [1.29, 1.82) is 0 Å². The van der Waals surface area contributed by atoms with Crippen LogP contribution in [-0.4, -0.2) is 79.1 Å². The molecule has 1 amide bonds. The molecule has 230 valence electrons. The number of fused-ring (bicyclic) bond motifs is 2. The predicted octanol–water partition coefficient (Wildman–Crippen LogP) is 5.62. The number of esters is 2. The number of hydrogen-bond acceptors (Lipinski definition) is 7. The summed E-state index contributed by atoms with van der Waals surface area (Å²) in [4.78, 5) is 41.5. The molecule has 42 heavy (non-hydrogen) atoms. The summed E-state index contributed by atoms with van der Waals surface area (Å²) in [5.41, 5.74) is 3.71. The van der Waals surface area contributed by atoms with Gasteiger partial charge in [0.05, 0.1) is 18.7 Å². The number of ether oxygens (including phenoxy) is 2. The Morgan fingerprint density at radius 2 is 1.67 bits per heavy atom. The first-order valence-corrected chi connectivity index (χ1v) is 15.3. The Bertz CT molecular complexity index is 1170. The monoisotopic (exact) mass is 579 g/mol. The van der Waals surface area contributed by atoms with Crippen molar-refractivity contribution in [3.05, 3.63) is 65.2 Å². The molecule has 2 aliphatic heterocycles. The topological polar surface area (TPSA) is 88.2 Å². The summed E-state index contributed by atoms with van der Waals surface area (Å²) in [5, 5.41) is 3.12. The van der Waals surface area contributed by atoms with Gasteiger partial charge in [-0.15, -0.1) is 0 Å². The van der Waals surface area contributed by atoms with E-state index in [1.54, 1.807) is 24.3 Å². The van der Waals surface area contributed by atoms with Gasteiger partial charge in [-0.1, -0.05) is 57.2 Å². The average Bonchev–Trinajstić information content (AvgIpc) is 3.22. The maximum atomic E-state index is 12.6. The van der Waals surface area contributed by atoms with Crippen molar-refractivity contribution in [3.63, 3.8) is 0 Å². The van der Waals surface area contributed by atoms with Gasteiger partial charge in [0.2, 0.25) is 5.91 Å². The molecule has 0 aromatic heterocycles. The highest BCUT2D eigenvalue weighted by Crippen LogP contribution is 2.40. The molecule has 2 heterocycles. The van der Waals surface area contributed by atoms with Crippen molar-refractivity contribution < 1.29 is 23.9 Å². The molecule has 4 rings (SSSR count). The predicted molar refractivity (Wildman–Crippen MR) is 167 cm³/mol. The van der Waals surface area contributed by atoms with Gasteiger partial charge >= 0.3 is 11.9 Å². The Morgan fingerprint density at radius 3 is 2.24 bits per heavy atom. The summed E-state index contributed by atoms with van der Waals surface area (Å²) in [7, 11) is 3.42. The standard InChI is InChI=1S/C17H28N2O.C17H21NO4/c1-6-12-19(8-3)15(7-2)17(20)18-16-13(4)10-9-11-14(16)5;1-18-12-8-9-13(18)15(17(20)21-2)14(10-12)22-16(19)11-6-4-3-5-7-11/h9-11,15H,6-8,12H2,1-5H3,(H,18,20);3-7,12-15H,8-10H2,1-2H3/t;12-,13+,14-,15+/m.0/s1.